The monoisotopic (exact) mass is 308 g/mol. The third-order valence-electron chi connectivity index (χ3n) is 3.70. The van der Waals surface area contributed by atoms with E-state index in [-0.39, 0.29) is 5.91 Å². The average molecular weight is 308 g/mol. The molecule has 1 N–H and O–H groups in total. The third-order valence-corrected chi connectivity index (χ3v) is 5.92. The van der Waals surface area contributed by atoms with Crippen LogP contribution in [0.1, 0.15) is 43.5 Å². The van der Waals surface area contributed by atoms with Crippen molar-refractivity contribution in [3.8, 4) is 6.07 Å². The van der Waals surface area contributed by atoms with Crippen molar-refractivity contribution < 1.29 is 4.79 Å². The molecule has 5 nitrogen and oxygen atoms in total. The molecule has 7 heteroatoms. The lowest BCUT2D eigenvalue weighted by atomic mass is 9.98. The highest BCUT2D eigenvalue weighted by Crippen LogP contribution is 2.42. The molecule has 0 bridgehead atoms. The molecule has 1 aromatic heterocycles. The third kappa shape index (κ3) is 3.13. The molecule has 106 valence electrons. The van der Waals surface area contributed by atoms with Gasteiger partial charge in [0, 0.05) is 5.92 Å². The van der Waals surface area contributed by atoms with E-state index in [4.69, 9.17) is 0 Å². The van der Waals surface area contributed by atoms with E-state index in [2.05, 4.69) is 21.6 Å². The Labute approximate surface area is 126 Å². The van der Waals surface area contributed by atoms with Crippen molar-refractivity contribution >= 4 is 29.0 Å². The molecule has 1 amide bonds. The fourth-order valence-corrected chi connectivity index (χ4v) is 3.95. The van der Waals surface area contributed by atoms with Gasteiger partial charge in [0.25, 0.3) is 0 Å². The lowest BCUT2D eigenvalue weighted by Crippen LogP contribution is -2.47. The Morgan fingerprint density at radius 3 is 2.85 bits per heavy atom. The minimum absolute atomic E-state index is 0.103. The number of nitrogens with zero attached hydrogens (tertiary/aromatic N) is 3. The highest BCUT2D eigenvalue weighted by molar-refractivity contribution is 8.01. The van der Waals surface area contributed by atoms with E-state index in [1.54, 1.807) is 11.3 Å². The van der Waals surface area contributed by atoms with Crippen molar-refractivity contribution in [3.63, 3.8) is 0 Å². The number of thioether (sulfide) groups is 1. The molecule has 1 atom stereocenters. The number of amides is 1. The summed E-state index contributed by atoms with van der Waals surface area (Å²) < 4.78 is 0.840. The maximum absolute atomic E-state index is 11.9. The van der Waals surface area contributed by atoms with Crippen LogP contribution in [-0.4, -0.2) is 27.4 Å². The molecule has 0 radical (unpaired) electrons. The van der Waals surface area contributed by atoms with Crippen LogP contribution in [0, 0.1) is 17.2 Å². The number of hydrogen-bond donors (Lipinski definition) is 1. The van der Waals surface area contributed by atoms with Crippen LogP contribution in [0.2, 0.25) is 0 Å². The Bertz CT molecular complexity index is 559. The molecule has 0 spiro atoms. The van der Waals surface area contributed by atoms with Crippen LogP contribution >= 0.6 is 23.1 Å². The zero-order chi connectivity index (χ0) is 14.2. The van der Waals surface area contributed by atoms with Crippen LogP contribution in [0.5, 0.6) is 0 Å². The SMILES string of the molecule is C[C@](C#N)(NC(=O)CSc1nnc(C2CC2)s1)C1CC1. The Hall–Kier alpha value is -1.13. The first-order chi connectivity index (χ1) is 9.60. The van der Waals surface area contributed by atoms with E-state index in [0.29, 0.717) is 17.6 Å². The second kappa shape index (κ2) is 5.34. The van der Waals surface area contributed by atoms with Crippen LogP contribution in [0.3, 0.4) is 0 Å². The number of rotatable bonds is 6. The molecule has 2 saturated carbocycles. The van der Waals surface area contributed by atoms with E-state index < -0.39 is 5.54 Å². The molecule has 2 aliphatic rings. The predicted molar refractivity (Wildman–Crippen MR) is 77.5 cm³/mol. The molecule has 0 unspecified atom stereocenters. The zero-order valence-electron chi connectivity index (χ0n) is 11.3. The van der Waals surface area contributed by atoms with Gasteiger partial charge in [0.15, 0.2) is 4.34 Å². The minimum atomic E-state index is -0.710. The summed E-state index contributed by atoms with van der Waals surface area (Å²) in [5.74, 6) is 1.11. The van der Waals surface area contributed by atoms with Gasteiger partial charge in [0.1, 0.15) is 10.5 Å². The smallest absolute Gasteiger partial charge is 0.231 e. The topological polar surface area (TPSA) is 78.7 Å². The molecule has 20 heavy (non-hydrogen) atoms. The second-order valence-corrected chi connectivity index (χ2v) is 7.84. The maximum Gasteiger partial charge on any atom is 0.231 e. The molecular formula is C13H16N4OS2. The molecule has 2 aliphatic carbocycles. The average Bonchev–Trinajstić information content (AvgIpc) is 3.34. The number of nitriles is 1. The molecule has 1 aromatic rings. The molecule has 1 heterocycles. The van der Waals surface area contributed by atoms with Gasteiger partial charge in [-0.05, 0) is 38.5 Å². The largest absolute Gasteiger partial charge is 0.337 e. The van der Waals surface area contributed by atoms with E-state index in [9.17, 15) is 10.1 Å². The quantitative estimate of drug-likeness (QED) is 0.816. The molecule has 0 aromatic carbocycles. The summed E-state index contributed by atoms with van der Waals surface area (Å²) in [5.41, 5.74) is -0.710. The number of carbonyl (C=O) groups excluding carboxylic acids is 1. The zero-order valence-corrected chi connectivity index (χ0v) is 12.9. The van der Waals surface area contributed by atoms with Gasteiger partial charge in [-0.25, -0.2) is 0 Å². The summed E-state index contributed by atoms with van der Waals surface area (Å²) in [6.07, 6.45) is 4.47. The Kier molecular flexibility index (Phi) is 3.69. The van der Waals surface area contributed by atoms with Gasteiger partial charge in [-0.2, -0.15) is 5.26 Å². The van der Waals surface area contributed by atoms with E-state index in [1.807, 2.05) is 6.92 Å². The van der Waals surface area contributed by atoms with Crippen LogP contribution < -0.4 is 5.32 Å². The molecular weight excluding hydrogens is 292 g/mol. The Morgan fingerprint density at radius 1 is 1.50 bits per heavy atom. The molecule has 2 fully saturated rings. The number of hydrogen-bond acceptors (Lipinski definition) is 6. The second-order valence-electron chi connectivity index (χ2n) is 5.61. The van der Waals surface area contributed by atoms with Crippen LogP contribution in [0.15, 0.2) is 4.34 Å². The number of nitrogens with one attached hydrogen (secondary N) is 1. The maximum atomic E-state index is 11.9. The van der Waals surface area contributed by atoms with Crippen molar-refractivity contribution in [2.45, 2.75) is 48.4 Å². The van der Waals surface area contributed by atoms with Crippen molar-refractivity contribution in [1.82, 2.24) is 15.5 Å². The van der Waals surface area contributed by atoms with E-state index in [0.717, 1.165) is 22.2 Å². The molecule has 0 saturated heterocycles. The van der Waals surface area contributed by atoms with Gasteiger partial charge in [0.2, 0.25) is 5.91 Å². The van der Waals surface area contributed by atoms with Gasteiger partial charge in [-0.1, -0.05) is 23.1 Å². The summed E-state index contributed by atoms with van der Waals surface area (Å²) >= 11 is 2.98. The number of aromatic nitrogens is 2. The van der Waals surface area contributed by atoms with Crippen molar-refractivity contribution in [3.05, 3.63) is 5.01 Å². The van der Waals surface area contributed by atoms with Gasteiger partial charge >= 0.3 is 0 Å². The molecule has 3 rings (SSSR count). The fourth-order valence-electron chi connectivity index (χ4n) is 2.11. The summed E-state index contributed by atoms with van der Waals surface area (Å²) in [5, 5.41) is 21.4. The Morgan fingerprint density at radius 2 is 2.25 bits per heavy atom. The van der Waals surface area contributed by atoms with Crippen molar-refractivity contribution in [2.24, 2.45) is 5.92 Å². The standard InChI is InChI=1S/C13H16N4OS2/c1-13(7-14,9-4-5-9)15-10(18)6-19-12-17-16-11(20-12)8-2-3-8/h8-9H,2-6H2,1H3,(H,15,18)/t13-/m1/s1. The van der Waals surface area contributed by atoms with Gasteiger partial charge in [-0.3, -0.25) is 4.79 Å². The van der Waals surface area contributed by atoms with Gasteiger partial charge < -0.3 is 5.32 Å². The summed E-state index contributed by atoms with van der Waals surface area (Å²) in [7, 11) is 0. The van der Waals surface area contributed by atoms with Crippen LogP contribution in [-0.2, 0) is 4.79 Å². The van der Waals surface area contributed by atoms with Crippen molar-refractivity contribution in [1.29, 1.82) is 5.26 Å². The van der Waals surface area contributed by atoms with Gasteiger partial charge in [-0.15, -0.1) is 10.2 Å². The minimum Gasteiger partial charge on any atom is -0.337 e. The summed E-state index contributed by atoms with van der Waals surface area (Å²) in [6, 6.07) is 2.23. The fraction of sp³-hybridized carbons (Fsp3) is 0.692. The summed E-state index contributed by atoms with van der Waals surface area (Å²) in [6.45, 7) is 1.81. The highest BCUT2D eigenvalue weighted by atomic mass is 32.2. The summed E-state index contributed by atoms with van der Waals surface area (Å²) in [4.78, 5) is 11.9. The first-order valence-electron chi connectivity index (χ1n) is 6.79. The van der Waals surface area contributed by atoms with Crippen LogP contribution in [0.25, 0.3) is 0 Å². The first kappa shape index (κ1) is 13.8. The lowest BCUT2D eigenvalue weighted by molar-refractivity contribution is -0.119. The number of carbonyl (C=O) groups is 1. The van der Waals surface area contributed by atoms with Crippen molar-refractivity contribution in [2.75, 3.05) is 5.75 Å². The van der Waals surface area contributed by atoms with E-state index >= 15 is 0 Å². The predicted octanol–water partition coefficient (Wildman–Crippen LogP) is 2.32. The van der Waals surface area contributed by atoms with E-state index in [1.165, 1.54) is 24.6 Å². The highest BCUT2D eigenvalue weighted by Gasteiger charge is 2.42. The van der Waals surface area contributed by atoms with Crippen LogP contribution in [0.4, 0.5) is 0 Å². The normalized spacial score (nSPS) is 21.0. The first-order valence-corrected chi connectivity index (χ1v) is 8.59. The molecule has 0 aliphatic heterocycles. The lowest BCUT2D eigenvalue weighted by Gasteiger charge is -2.22. The van der Waals surface area contributed by atoms with Gasteiger partial charge in [0.05, 0.1) is 11.8 Å². The Balaban J connectivity index is 1.49.